The Bertz CT molecular complexity index is 375. The summed E-state index contributed by atoms with van der Waals surface area (Å²) >= 11 is 0. The van der Waals surface area contributed by atoms with Gasteiger partial charge >= 0.3 is 0 Å². The number of amides is 1. The van der Waals surface area contributed by atoms with Gasteiger partial charge in [-0.15, -0.1) is 0 Å². The summed E-state index contributed by atoms with van der Waals surface area (Å²) in [7, 11) is 1.68. The Labute approximate surface area is 87.8 Å². The summed E-state index contributed by atoms with van der Waals surface area (Å²) in [4.78, 5) is 17.2. The largest absolute Gasteiger partial charge is 0.378 e. The van der Waals surface area contributed by atoms with Crippen LogP contribution in [0.5, 0.6) is 0 Å². The first kappa shape index (κ1) is 9.92. The van der Waals surface area contributed by atoms with Gasteiger partial charge in [0.15, 0.2) is 0 Å². The molecule has 0 aliphatic carbocycles. The van der Waals surface area contributed by atoms with E-state index < -0.39 is 5.91 Å². The maximum atomic E-state index is 11.2. The van der Waals surface area contributed by atoms with Crippen LogP contribution in [0.25, 0.3) is 0 Å². The first-order valence-corrected chi connectivity index (χ1v) is 4.74. The van der Waals surface area contributed by atoms with Gasteiger partial charge in [0, 0.05) is 26.4 Å². The van der Waals surface area contributed by atoms with Crippen LogP contribution in [0.3, 0.4) is 0 Å². The smallest absolute Gasteiger partial charge is 0.250 e. The van der Waals surface area contributed by atoms with Crippen LogP contribution >= 0.6 is 0 Å². The fourth-order valence-electron chi connectivity index (χ4n) is 1.63. The summed E-state index contributed by atoms with van der Waals surface area (Å²) in [5, 5.41) is 0. The van der Waals surface area contributed by atoms with E-state index in [4.69, 9.17) is 10.5 Å². The number of methoxy groups -OCH3 is 1. The fraction of sp³-hybridized carbons (Fsp3) is 0.400. The molecule has 1 aliphatic rings. The van der Waals surface area contributed by atoms with Crippen molar-refractivity contribution in [3.63, 3.8) is 0 Å². The number of rotatable bonds is 3. The number of hydrogen-bond donors (Lipinski definition) is 1. The maximum Gasteiger partial charge on any atom is 0.250 e. The summed E-state index contributed by atoms with van der Waals surface area (Å²) in [6.07, 6.45) is 3.47. The molecule has 1 saturated heterocycles. The summed E-state index contributed by atoms with van der Waals surface area (Å²) in [6, 6.07) is 1.64. The van der Waals surface area contributed by atoms with Crippen LogP contribution in [0.4, 0.5) is 5.69 Å². The molecule has 0 spiro atoms. The monoisotopic (exact) mass is 207 g/mol. The highest BCUT2D eigenvalue weighted by Crippen LogP contribution is 2.24. The summed E-state index contributed by atoms with van der Waals surface area (Å²) in [6.45, 7) is 1.56. The standard InChI is InChI=1S/C10H13N3O2/c1-15-7-5-13(6-7)9-4-12-3-2-8(9)10(11)14/h2-4,7H,5-6H2,1H3,(H2,11,14). The Morgan fingerprint density at radius 3 is 3.00 bits per heavy atom. The summed E-state index contributed by atoms with van der Waals surface area (Å²) in [5.74, 6) is -0.423. The number of aromatic nitrogens is 1. The van der Waals surface area contributed by atoms with Crippen LogP contribution in [-0.4, -0.2) is 37.2 Å². The first-order chi connectivity index (χ1) is 7.22. The predicted octanol–water partition coefficient (Wildman–Crippen LogP) is 0.0155. The zero-order chi connectivity index (χ0) is 10.8. The minimum Gasteiger partial charge on any atom is -0.378 e. The van der Waals surface area contributed by atoms with E-state index in [2.05, 4.69) is 4.98 Å². The number of carbonyl (C=O) groups excluding carboxylic acids is 1. The van der Waals surface area contributed by atoms with Gasteiger partial charge in [-0.25, -0.2) is 0 Å². The van der Waals surface area contributed by atoms with Gasteiger partial charge in [-0.2, -0.15) is 0 Å². The maximum absolute atomic E-state index is 11.2. The number of nitrogens with zero attached hydrogens (tertiary/aromatic N) is 2. The third-order valence-corrected chi connectivity index (χ3v) is 2.59. The van der Waals surface area contributed by atoms with Crippen LogP contribution < -0.4 is 10.6 Å². The number of ether oxygens (including phenoxy) is 1. The van der Waals surface area contributed by atoms with Gasteiger partial charge in [-0.1, -0.05) is 0 Å². The molecule has 1 aromatic heterocycles. The lowest BCUT2D eigenvalue weighted by molar-refractivity contribution is 0.0784. The van der Waals surface area contributed by atoms with Crippen molar-refractivity contribution >= 4 is 11.6 Å². The van der Waals surface area contributed by atoms with Crippen molar-refractivity contribution in [3.8, 4) is 0 Å². The van der Waals surface area contributed by atoms with Gasteiger partial charge in [-0.3, -0.25) is 9.78 Å². The number of primary amides is 1. The molecule has 0 bridgehead atoms. The van der Waals surface area contributed by atoms with Gasteiger partial charge in [0.2, 0.25) is 0 Å². The Hall–Kier alpha value is -1.62. The third-order valence-electron chi connectivity index (χ3n) is 2.59. The Morgan fingerprint density at radius 1 is 1.67 bits per heavy atom. The fourth-order valence-corrected chi connectivity index (χ4v) is 1.63. The van der Waals surface area contributed by atoms with Crippen LogP contribution in [0.15, 0.2) is 18.5 Å². The molecule has 80 valence electrons. The van der Waals surface area contributed by atoms with E-state index in [0.29, 0.717) is 5.56 Å². The van der Waals surface area contributed by atoms with Gasteiger partial charge < -0.3 is 15.4 Å². The number of nitrogens with two attached hydrogens (primary N) is 1. The molecule has 1 aliphatic heterocycles. The van der Waals surface area contributed by atoms with Gasteiger partial charge in [0.05, 0.1) is 23.6 Å². The molecule has 15 heavy (non-hydrogen) atoms. The van der Waals surface area contributed by atoms with Crippen molar-refractivity contribution in [2.75, 3.05) is 25.1 Å². The van der Waals surface area contributed by atoms with Crippen LogP contribution in [-0.2, 0) is 4.74 Å². The molecule has 5 heteroatoms. The van der Waals surface area contributed by atoms with Gasteiger partial charge in [0.1, 0.15) is 0 Å². The van der Waals surface area contributed by atoms with E-state index in [-0.39, 0.29) is 6.10 Å². The van der Waals surface area contributed by atoms with Crippen LogP contribution in [0, 0.1) is 0 Å². The summed E-state index contributed by atoms with van der Waals surface area (Å²) < 4.78 is 5.16. The second-order valence-corrected chi connectivity index (χ2v) is 3.52. The van der Waals surface area contributed by atoms with E-state index in [1.165, 1.54) is 0 Å². The predicted molar refractivity (Wildman–Crippen MR) is 55.8 cm³/mol. The Balaban J connectivity index is 2.18. The van der Waals surface area contributed by atoms with E-state index in [1.54, 1.807) is 25.6 Å². The van der Waals surface area contributed by atoms with Crippen molar-refractivity contribution in [1.82, 2.24) is 4.98 Å². The second kappa shape index (κ2) is 3.86. The highest BCUT2D eigenvalue weighted by molar-refractivity contribution is 5.98. The molecule has 5 nitrogen and oxygen atoms in total. The SMILES string of the molecule is COC1CN(c2cnccc2C(N)=O)C1. The number of hydrogen-bond acceptors (Lipinski definition) is 4. The second-order valence-electron chi connectivity index (χ2n) is 3.52. The minimum atomic E-state index is -0.423. The quantitative estimate of drug-likeness (QED) is 0.758. The molecular formula is C10H13N3O2. The Kier molecular flexibility index (Phi) is 2.55. The van der Waals surface area contributed by atoms with E-state index in [9.17, 15) is 4.79 Å². The lowest BCUT2D eigenvalue weighted by atomic mass is 10.1. The van der Waals surface area contributed by atoms with Crippen molar-refractivity contribution < 1.29 is 9.53 Å². The van der Waals surface area contributed by atoms with Gasteiger partial charge in [0.25, 0.3) is 5.91 Å². The van der Waals surface area contributed by atoms with Crippen molar-refractivity contribution in [1.29, 1.82) is 0 Å². The van der Waals surface area contributed by atoms with Gasteiger partial charge in [-0.05, 0) is 6.07 Å². The number of carbonyl (C=O) groups is 1. The number of anilines is 1. The molecular weight excluding hydrogens is 194 g/mol. The van der Waals surface area contributed by atoms with E-state index in [0.717, 1.165) is 18.8 Å². The molecule has 1 amide bonds. The molecule has 1 fully saturated rings. The molecule has 2 N–H and O–H groups in total. The zero-order valence-corrected chi connectivity index (χ0v) is 8.51. The normalized spacial score (nSPS) is 16.2. The molecule has 0 unspecified atom stereocenters. The third kappa shape index (κ3) is 1.78. The molecule has 0 saturated carbocycles. The first-order valence-electron chi connectivity index (χ1n) is 4.74. The Morgan fingerprint density at radius 2 is 2.40 bits per heavy atom. The molecule has 2 heterocycles. The lowest BCUT2D eigenvalue weighted by Crippen LogP contribution is -2.52. The zero-order valence-electron chi connectivity index (χ0n) is 8.51. The van der Waals surface area contributed by atoms with Crippen LogP contribution in [0.1, 0.15) is 10.4 Å². The average molecular weight is 207 g/mol. The van der Waals surface area contributed by atoms with E-state index in [1.807, 2.05) is 4.90 Å². The summed E-state index contributed by atoms with van der Waals surface area (Å²) in [5.41, 5.74) is 6.58. The van der Waals surface area contributed by atoms with Crippen molar-refractivity contribution in [2.45, 2.75) is 6.10 Å². The minimum absolute atomic E-state index is 0.242. The average Bonchev–Trinajstić information content (AvgIpc) is 2.16. The highest BCUT2D eigenvalue weighted by atomic mass is 16.5. The topological polar surface area (TPSA) is 68.4 Å². The van der Waals surface area contributed by atoms with Crippen molar-refractivity contribution in [2.24, 2.45) is 5.73 Å². The molecule has 0 radical (unpaired) electrons. The molecule has 1 aromatic rings. The van der Waals surface area contributed by atoms with Crippen molar-refractivity contribution in [3.05, 3.63) is 24.0 Å². The molecule has 0 aromatic carbocycles. The van der Waals surface area contributed by atoms with E-state index >= 15 is 0 Å². The van der Waals surface area contributed by atoms with Crippen LogP contribution in [0.2, 0.25) is 0 Å². The highest BCUT2D eigenvalue weighted by Gasteiger charge is 2.28. The lowest BCUT2D eigenvalue weighted by Gasteiger charge is -2.40. The molecule has 0 atom stereocenters. The molecule has 2 rings (SSSR count). The number of pyridine rings is 1.